The zero-order valence-electron chi connectivity index (χ0n) is 10.5. The highest BCUT2D eigenvalue weighted by molar-refractivity contribution is 7.98. The second-order valence-corrected chi connectivity index (χ2v) is 5.26. The number of nitrogens with two attached hydrogens (primary N) is 1. The molecule has 92 valence electrons. The lowest BCUT2D eigenvalue weighted by Gasteiger charge is -2.08. The number of hydrogen-bond donors (Lipinski definition) is 1. The minimum Gasteiger partial charge on any atom is -0.327 e. The van der Waals surface area contributed by atoms with Crippen LogP contribution in [0, 0.1) is 0 Å². The summed E-state index contributed by atoms with van der Waals surface area (Å²) in [6.07, 6.45) is 4.24. The summed E-state index contributed by atoms with van der Waals surface area (Å²) in [5, 5.41) is 4.56. The summed E-state index contributed by atoms with van der Waals surface area (Å²) in [5.74, 6) is 1.99. The fourth-order valence-corrected chi connectivity index (χ4v) is 2.34. The van der Waals surface area contributed by atoms with E-state index >= 15 is 0 Å². The summed E-state index contributed by atoms with van der Waals surface area (Å²) < 4.78 is 2.05. The van der Waals surface area contributed by atoms with Crippen LogP contribution in [-0.2, 0) is 5.75 Å². The molecule has 0 aliphatic rings. The Morgan fingerprint density at radius 1 is 1.44 bits per heavy atom. The van der Waals surface area contributed by atoms with Crippen molar-refractivity contribution in [2.24, 2.45) is 5.73 Å². The fraction of sp³-hybridized carbons (Fsp3) is 0.750. The molecule has 2 N–H and O–H groups in total. The van der Waals surface area contributed by atoms with E-state index in [1.54, 1.807) is 0 Å². The molecule has 0 fully saturated rings. The maximum atomic E-state index is 5.87. The van der Waals surface area contributed by atoms with Gasteiger partial charge in [0.2, 0.25) is 0 Å². The number of aromatic nitrogens is 2. The maximum Gasteiger partial charge on any atom is 0.0723 e. The summed E-state index contributed by atoms with van der Waals surface area (Å²) in [7, 11) is 0. The van der Waals surface area contributed by atoms with Crippen LogP contribution in [0.15, 0.2) is 12.3 Å². The molecule has 2 atom stereocenters. The van der Waals surface area contributed by atoms with Crippen molar-refractivity contribution < 1.29 is 0 Å². The van der Waals surface area contributed by atoms with Gasteiger partial charge in [-0.15, -0.1) is 0 Å². The predicted molar refractivity (Wildman–Crippen MR) is 71.7 cm³/mol. The zero-order valence-corrected chi connectivity index (χ0v) is 11.3. The van der Waals surface area contributed by atoms with E-state index in [0.717, 1.165) is 30.0 Å². The first kappa shape index (κ1) is 13.6. The quantitative estimate of drug-likeness (QED) is 0.798. The SMILES string of the molecule is CCC(N)CSCc1ccn(C(C)CC)n1. The molecule has 0 amide bonds. The average Bonchev–Trinajstić information content (AvgIpc) is 2.76. The van der Waals surface area contributed by atoms with Crippen molar-refractivity contribution >= 4 is 11.8 Å². The lowest BCUT2D eigenvalue weighted by molar-refractivity contribution is 0.475. The number of thioether (sulfide) groups is 1. The van der Waals surface area contributed by atoms with Crippen LogP contribution in [-0.4, -0.2) is 21.6 Å². The van der Waals surface area contributed by atoms with Gasteiger partial charge in [0.25, 0.3) is 0 Å². The van der Waals surface area contributed by atoms with Crippen LogP contribution in [0.5, 0.6) is 0 Å². The molecule has 1 heterocycles. The summed E-state index contributed by atoms with van der Waals surface area (Å²) in [5.41, 5.74) is 7.03. The second-order valence-electron chi connectivity index (χ2n) is 4.23. The molecule has 3 nitrogen and oxygen atoms in total. The standard InChI is InChI=1S/C12H23N3S/c1-4-10(3)15-7-6-12(14-15)9-16-8-11(13)5-2/h6-7,10-11H,4-5,8-9,13H2,1-3H3. The normalized spacial score (nSPS) is 15.0. The van der Waals surface area contributed by atoms with Crippen LogP contribution >= 0.6 is 11.8 Å². The van der Waals surface area contributed by atoms with E-state index in [2.05, 4.69) is 42.8 Å². The van der Waals surface area contributed by atoms with Gasteiger partial charge in [-0.2, -0.15) is 16.9 Å². The lowest BCUT2D eigenvalue weighted by atomic mass is 10.3. The monoisotopic (exact) mass is 241 g/mol. The third kappa shape index (κ3) is 4.18. The second kappa shape index (κ2) is 6.97. The van der Waals surface area contributed by atoms with Crippen LogP contribution in [0.25, 0.3) is 0 Å². The van der Waals surface area contributed by atoms with Gasteiger partial charge in [0.15, 0.2) is 0 Å². The van der Waals surface area contributed by atoms with E-state index in [-0.39, 0.29) is 0 Å². The summed E-state index contributed by atoms with van der Waals surface area (Å²) >= 11 is 1.87. The third-order valence-corrected chi connectivity index (χ3v) is 3.98. The summed E-state index contributed by atoms with van der Waals surface area (Å²) in [6.45, 7) is 6.50. The molecule has 0 saturated carbocycles. The molecule has 1 rings (SSSR count). The largest absolute Gasteiger partial charge is 0.327 e. The Morgan fingerprint density at radius 3 is 2.81 bits per heavy atom. The molecule has 0 spiro atoms. The highest BCUT2D eigenvalue weighted by Crippen LogP contribution is 2.14. The first-order valence-corrected chi connectivity index (χ1v) is 7.20. The van der Waals surface area contributed by atoms with Crippen molar-refractivity contribution in [3.05, 3.63) is 18.0 Å². The Morgan fingerprint density at radius 2 is 2.19 bits per heavy atom. The van der Waals surface area contributed by atoms with E-state index in [4.69, 9.17) is 5.73 Å². The Balaban J connectivity index is 2.35. The van der Waals surface area contributed by atoms with Crippen molar-refractivity contribution in [2.75, 3.05) is 5.75 Å². The third-order valence-electron chi connectivity index (χ3n) is 2.81. The van der Waals surface area contributed by atoms with Crippen LogP contribution in [0.1, 0.15) is 45.3 Å². The average molecular weight is 241 g/mol. The fourth-order valence-electron chi connectivity index (χ4n) is 1.32. The first-order valence-electron chi connectivity index (χ1n) is 6.04. The van der Waals surface area contributed by atoms with E-state index in [0.29, 0.717) is 12.1 Å². The Bertz CT molecular complexity index is 298. The van der Waals surface area contributed by atoms with Gasteiger partial charge < -0.3 is 5.73 Å². The maximum absolute atomic E-state index is 5.87. The molecule has 16 heavy (non-hydrogen) atoms. The minimum atomic E-state index is 0.321. The van der Waals surface area contributed by atoms with Gasteiger partial charge >= 0.3 is 0 Å². The van der Waals surface area contributed by atoms with Crippen molar-refractivity contribution in [3.8, 4) is 0 Å². The van der Waals surface area contributed by atoms with Crippen molar-refractivity contribution in [1.29, 1.82) is 0 Å². The number of nitrogens with zero attached hydrogens (tertiary/aromatic N) is 2. The van der Waals surface area contributed by atoms with Gasteiger partial charge in [0.05, 0.1) is 5.69 Å². The molecule has 2 unspecified atom stereocenters. The molecule has 1 aromatic rings. The van der Waals surface area contributed by atoms with Crippen molar-refractivity contribution in [3.63, 3.8) is 0 Å². The van der Waals surface area contributed by atoms with Gasteiger partial charge in [0, 0.05) is 29.8 Å². The number of rotatable bonds is 7. The van der Waals surface area contributed by atoms with E-state index in [9.17, 15) is 0 Å². The summed E-state index contributed by atoms with van der Waals surface area (Å²) in [6, 6.07) is 2.93. The molecule has 0 bridgehead atoms. The van der Waals surface area contributed by atoms with Gasteiger partial charge in [-0.3, -0.25) is 4.68 Å². The van der Waals surface area contributed by atoms with Crippen LogP contribution in [0.3, 0.4) is 0 Å². The molecule has 1 aromatic heterocycles. The molecule has 0 radical (unpaired) electrons. The molecule has 0 aromatic carbocycles. The van der Waals surface area contributed by atoms with Crippen LogP contribution < -0.4 is 5.73 Å². The topological polar surface area (TPSA) is 43.8 Å². The Labute approximate surface area is 103 Å². The van der Waals surface area contributed by atoms with E-state index in [1.165, 1.54) is 0 Å². The van der Waals surface area contributed by atoms with Crippen LogP contribution in [0.4, 0.5) is 0 Å². The zero-order chi connectivity index (χ0) is 12.0. The molecule has 0 saturated heterocycles. The van der Waals surface area contributed by atoms with Gasteiger partial charge in [0.1, 0.15) is 0 Å². The highest BCUT2D eigenvalue weighted by Gasteiger charge is 2.05. The van der Waals surface area contributed by atoms with Gasteiger partial charge in [-0.05, 0) is 25.8 Å². The minimum absolute atomic E-state index is 0.321. The molecular formula is C12H23N3S. The Hall–Kier alpha value is -0.480. The Kier molecular flexibility index (Phi) is 5.91. The van der Waals surface area contributed by atoms with E-state index in [1.807, 2.05) is 11.8 Å². The van der Waals surface area contributed by atoms with Crippen LogP contribution in [0.2, 0.25) is 0 Å². The highest BCUT2D eigenvalue weighted by atomic mass is 32.2. The van der Waals surface area contributed by atoms with E-state index < -0.39 is 0 Å². The van der Waals surface area contributed by atoms with Crippen molar-refractivity contribution in [2.45, 2.75) is 51.4 Å². The summed E-state index contributed by atoms with van der Waals surface area (Å²) in [4.78, 5) is 0. The lowest BCUT2D eigenvalue weighted by Crippen LogP contribution is -2.21. The smallest absolute Gasteiger partial charge is 0.0723 e. The molecule has 0 aliphatic heterocycles. The molecule has 0 aliphatic carbocycles. The predicted octanol–water partition coefficient (Wildman–Crippen LogP) is 2.82. The first-order chi connectivity index (χ1) is 7.67. The molecular weight excluding hydrogens is 218 g/mol. The van der Waals surface area contributed by atoms with Gasteiger partial charge in [-0.1, -0.05) is 13.8 Å². The number of hydrogen-bond acceptors (Lipinski definition) is 3. The van der Waals surface area contributed by atoms with Crippen molar-refractivity contribution in [1.82, 2.24) is 9.78 Å². The molecule has 4 heteroatoms. The van der Waals surface area contributed by atoms with Gasteiger partial charge in [-0.25, -0.2) is 0 Å².